The summed E-state index contributed by atoms with van der Waals surface area (Å²) in [6.07, 6.45) is 1.35. The maximum Gasteiger partial charge on any atom is 0.305 e. The van der Waals surface area contributed by atoms with Gasteiger partial charge in [-0.05, 0) is 19.1 Å². The van der Waals surface area contributed by atoms with Gasteiger partial charge in [0.05, 0.1) is 17.8 Å². The molecule has 0 atom stereocenters. The fraction of sp³-hybridized carbons (Fsp3) is 0.231. The molecule has 9 nitrogen and oxygen atoms in total. The molecule has 23 heavy (non-hydrogen) atoms. The average Bonchev–Trinajstić information content (AvgIpc) is 3.16. The topological polar surface area (TPSA) is 126 Å². The summed E-state index contributed by atoms with van der Waals surface area (Å²) in [5.41, 5.74) is 4.42. The zero-order chi connectivity index (χ0) is 16.7. The van der Waals surface area contributed by atoms with E-state index < -0.39 is 11.8 Å². The van der Waals surface area contributed by atoms with Gasteiger partial charge < -0.3 is 14.3 Å². The van der Waals surface area contributed by atoms with Crippen molar-refractivity contribution in [2.45, 2.75) is 6.92 Å². The van der Waals surface area contributed by atoms with Gasteiger partial charge in [0.2, 0.25) is 11.8 Å². The normalized spacial score (nSPS) is 10.1. The van der Waals surface area contributed by atoms with Gasteiger partial charge in [0.15, 0.2) is 11.6 Å². The van der Waals surface area contributed by atoms with Crippen LogP contribution in [0.25, 0.3) is 0 Å². The van der Waals surface area contributed by atoms with Crippen LogP contribution in [0, 0.1) is 6.92 Å². The van der Waals surface area contributed by atoms with E-state index in [4.69, 9.17) is 8.94 Å². The molecule has 0 aliphatic heterocycles. The summed E-state index contributed by atoms with van der Waals surface area (Å²) in [5.74, 6) is -0.263. The van der Waals surface area contributed by atoms with Gasteiger partial charge >= 0.3 is 5.91 Å². The Bertz CT molecular complexity index is 682. The molecule has 0 aliphatic carbocycles. The van der Waals surface area contributed by atoms with Gasteiger partial charge in [0, 0.05) is 6.07 Å². The number of thioether (sulfide) groups is 1. The molecule has 0 spiro atoms. The second-order valence-corrected chi connectivity index (χ2v) is 5.33. The summed E-state index contributed by atoms with van der Waals surface area (Å²) in [6.45, 7) is 1.71. The molecule has 0 saturated carbocycles. The van der Waals surface area contributed by atoms with E-state index >= 15 is 0 Å². The molecule has 2 aromatic rings. The van der Waals surface area contributed by atoms with Gasteiger partial charge in [0.25, 0.3) is 0 Å². The van der Waals surface area contributed by atoms with E-state index in [9.17, 15) is 14.4 Å². The summed E-state index contributed by atoms with van der Waals surface area (Å²) in [7, 11) is 0. The fourth-order valence-corrected chi connectivity index (χ4v) is 2.09. The van der Waals surface area contributed by atoms with E-state index in [1.165, 1.54) is 12.3 Å². The molecule has 0 aromatic carbocycles. The number of aryl methyl sites for hydroxylation is 1. The smallest absolute Gasteiger partial charge is 0.305 e. The van der Waals surface area contributed by atoms with Crippen LogP contribution in [0.4, 0.5) is 5.82 Å². The zero-order valence-corrected chi connectivity index (χ0v) is 12.9. The summed E-state index contributed by atoms with van der Waals surface area (Å²) in [5, 5.41) is 6.15. The summed E-state index contributed by atoms with van der Waals surface area (Å²) in [4.78, 5) is 34.6. The predicted molar refractivity (Wildman–Crippen MR) is 81.5 cm³/mol. The van der Waals surface area contributed by atoms with Gasteiger partial charge in [-0.1, -0.05) is 5.16 Å². The Hall–Kier alpha value is -2.75. The second kappa shape index (κ2) is 8.03. The lowest BCUT2D eigenvalue weighted by atomic mass is 10.4. The van der Waals surface area contributed by atoms with Crippen LogP contribution in [-0.4, -0.2) is 34.4 Å². The van der Waals surface area contributed by atoms with Crippen LogP contribution in [0.2, 0.25) is 0 Å². The standard InChI is InChI=1S/C13H14N4O5S/c1-8-5-10(17-22-8)14-11(18)6-23-7-12(19)15-16-13(20)9-3-2-4-21-9/h2-5H,6-7H2,1H3,(H,15,19)(H,16,20)(H,14,17,18). The molecule has 122 valence electrons. The first kappa shape index (κ1) is 16.6. The number of nitrogens with zero attached hydrogens (tertiary/aromatic N) is 1. The quantitative estimate of drug-likeness (QED) is 0.662. The molecule has 3 N–H and O–H groups in total. The molecule has 3 amide bonds. The van der Waals surface area contributed by atoms with Gasteiger partial charge in [-0.3, -0.25) is 25.2 Å². The third-order valence-corrected chi connectivity index (χ3v) is 3.35. The number of furan rings is 1. The van der Waals surface area contributed by atoms with E-state index in [1.807, 2.05) is 0 Å². The van der Waals surface area contributed by atoms with Crippen LogP contribution in [0.5, 0.6) is 0 Å². The van der Waals surface area contributed by atoms with Crippen LogP contribution in [0.15, 0.2) is 33.4 Å². The number of carbonyl (C=O) groups excluding carboxylic acids is 3. The molecule has 2 heterocycles. The highest BCUT2D eigenvalue weighted by molar-refractivity contribution is 8.00. The summed E-state index contributed by atoms with van der Waals surface area (Å²) < 4.78 is 9.67. The maximum absolute atomic E-state index is 11.6. The Kier molecular flexibility index (Phi) is 5.80. The number of amides is 3. The Labute approximate surface area is 135 Å². The third kappa shape index (κ3) is 5.51. The number of anilines is 1. The summed E-state index contributed by atoms with van der Waals surface area (Å²) >= 11 is 1.09. The monoisotopic (exact) mass is 338 g/mol. The van der Waals surface area contributed by atoms with Gasteiger partial charge in [0.1, 0.15) is 5.76 Å². The first-order valence-corrected chi connectivity index (χ1v) is 7.63. The third-order valence-electron chi connectivity index (χ3n) is 2.42. The SMILES string of the molecule is Cc1cc(NC(=O)CSCC(=O)NNC(=O)c2ccco2)no1. The van der Waals surface area contributed by atoms with Crippen LogP contribution in [0.3, 0.4) is 0 Å². The minimum atomic E-state index is -0.563. The van der Waals surface area contributed by atoms with Crippen molar-refractivity contribution < 1.29 is 23.3 Å². The zero-order valence-electron chi connectivity index (χ0n) is 12.1. The minimum Gasteiger partial charge on any atom is -0.459 e. The summed E-state index contributed by atoms with van der Waals surface area (Å²) in [6, 6.07) is 4.60. The van der Waals surface area contributed by atoms with Crippen molar-refractivity contribution in [1.29, 1.82) is 0 Å². The van der Waals surface area contributed by atoms with Crippen LogP contribution < -0.4 is 16.2 Å². The number of carbonyl (C=O) groups is 3. The van der Waals surface area contributed by atoms with E-state index in [-0.39, 0.29) is 23.2 Å². The van der Waals surface area contributed by atoms with E-state index in [0.717, 1.165) is 11.8 Å². The minimum absolute atomic E-state index is 0.00367. The molecule has 0 fully saturated rings. The number of hydrazine groups is 1. The van der Waals surface area contributed by atoms with Crippen molar-refractivity contribution in [3.63, 3.8) is 0 Å². The highest BCUT2D eigenvalue weighted by Gasteiger charge is 2.11. The highest BCUT2D eigenvalue weighted by atomic mass is 32.2. The first-order valence-electron chi connectivity index (χ1n) is 6.48. The number of aromatic nitrogens is 1. The van der Waals surface area contributed by atoms with Crippen molar-refractivity contribution >= 4 is 35.3 Å². The van der Waals surface area contributed by atoms with Crippen molar-refractivity contribution in [3.05, 3.63) is 36.0 Å². The first-order chi connectivity index (χ1) is 11.0. The molecule has 2 rings (SSSR count). The molecule has 0 radical (unpaired) electrons. The Morgan fingerprint density at radius 2 is 2.00 bits per heavy atom. The van der Waals surface area contributed by atoms with Gasteiger partial charge in [-0.15, -0.1) is 11.8 Å². The fourth-order valence-electron chi connectivity index (χ4n) is 1.47. The average molecular weight is 338 g/mol. The van der Waals surface area contributed by atoms with Crippen LogP contribution in [0.1, 0.15) is 16.3 Å². The lowest BCUT2D eigenvalue weighted by molar-refractivity contribution is -0.119. The van der Waals surface area contributed by atoms with Gasteiger partial charge in [-0.25, -0.2) is 0 Å². The van der Waals surface area contributed by atoms with Crippen molar-refractivity contribution in [1.82, 2.24) is 16.0 Å². The lowest BCUT2D eigenvalue weighted by Gasteiger charge is -2.05. The molecular weight excluding hydrogens is 324 g/mol. The molecule has 0 aliphatic rings. The molecule has 0 saturated heterocycles. The highest BCUT2D eigenvalue weighted by Crippen LogP contribution is 2.08. The van der Waals surface area contributed by atoms with E-state index in [2.05, 4.69) is 21.3 Å². The number of hydrogen-bond acceptors (Lipinski definition) is 7. The Morgan fingerprint density at radius 1 is 1.22 bits per heavy atom. The van der Waals surface area contributed by atoms with Crippen molar-refractivity contribution in [2.75, 3.05) is 16.8 Å². The maximum atomic E-state index is 11.6. The van der Waals surface area contributed by atoms with Crippen LogP contribution >= 0.6 is 11.8 Å². The van der Waals surface area contributed by atoms with E-state index in [0.29, 0.717) is 11.6 Å². The predicted octanol–water partition coefficient (Wildman–Crippen LogP) is 0.709. The Balaban J connectivity index is 1.61. The van der Waals surface area contributed by atoms with Crippen LogP contribution in [-0.2, 0) is 9.59 Å². The molecule has 2 aromatic heterocycles. The van der Waals surface area contributed by atoms with Crippen molar-refractivity contribution in [2.24, 2.45) is 0 Å². The number of hydrogen-bond donors (Lipinski definition) is 3. The number of nitrogens with one attached hydrogen (secondary N) is 3. The molecular formula is C13H14N4O5S. The molecule has 0 bridgehead atoms. The Morgan fingerprint density at radius 3 is 2.65 bits per heavy atom. The second-order valence-electron chi connectivity index (χ2n) is 4.34. The van der Waals surface area contributed by atoms with Crippen molar-refractivity contribution in [3.8, 4) is 0 Å². The molecule has 10 heteroatoms. The van der Waals surface area contributed by atoms with Gasteiger partial charge in [-0.2, -0.15) is 0 Å². The lowest BCUT2D eigenvalue weighted by Crippen LogP contribution is -2.42. The largest absolute Gasteiger partial charge is 0.459 e. The number of rotatable bonds is 6. The van der Waals surface area contributed by atoms with E-state index in [1.54, 1.807) is 19.1 Å². The molecule has 0 unspecified atom stereocenters.